The van der Waals surface area contributed by atoms with Crippen molar-refractivity contribution in [2.45, 2.75) is 27.7 Å². The molecular weight excluding hydrogens is 2260 g/mol. The fourth-order valence-corrected chi connectivity index (χ4v) is 11.8. The van der Waals surface area contributed by atoms with Crippen molar-refractivity contribution in [2.75, 3.05) is 28.8 Å². The summed E-state index contributed by atoms with van der Waals surface area (Å²) in [4.78, 5) is 32.3. The molecule has 0 amide bonds. The summed E-state index contributed by atoms with van der Waals surface area (Å²) in [6.45, 7) is 10.8. The minimum Gasteiger partial charge on any atom is -0.574 e. The predicted octanol–water partition coefficient (Wildman–Crippen LogP) is 21.7. The fraction of sp³-hybridized carbons (Fsp3) is 0.0659. The van der Waals surface area contributed by atoms with Gasteiger partial charge < -0.3 is 44.9 Å². The number of pyridine rings is 3. The number of para-hydroxylation sites is 3. The predicted molar refractivity (Wildman–Crippen MR) is 423 cm³/mol. The van der Waals surface area contributed by atoms with Gasteiger partial charge in [-0.15, -0.1) is 117 Å². The summed E-state index contributed by atoms with van der Waals surface area (Å²) in [5.74, 6) is -0.326. The van der Waals surface area contributed by atoms with Gasteiger partial charge in [-0.1, -0.05) is 173 Å². The van der Waals surface area contributed by atoms with E-state index >= 15 is 0 Å². The number of hydrogen-bond donors (Lipinski definition) is 1. The maximum absolute atomic E-state index is 12.6. The van der Waals surface area contributed by atoms with Gasteiger partial charge in [-0.25, -0.2) is 5.56 Å². The summed E-state index contributed by atoms with van der Waals surface area (Å²) in [6, 6.07) is 96.7. The Hall–Kier alpha value is -9.59. The van der Waals surface area contributed by atoms with E-state index < -0.39 is 6.04 Å². The molecule has 0 bridgehead atoms. The zero-order valence-corrected chi connectivity index (χ0v) is 72.4. The number of aliphatic hydroxyl groups is 1. The first kappa shape index (κ1) is 80.4. The van der Waals surface area contributed by atoms with Crippen molar-refractivity contribution < 1.29 is 122 Å². The molecule has 11 nitrogen and oxygen atoms in total. The number of rotatable bonds is 9. The van der Waals surface area contributed by atoms with Crippen LogP contribution < -0.4 is 19.8 Å². The topological polar surface area (TPSA) is 116 Å². The Labute approximate surface area is 717 Å². The van der Waals surface area contributed by atoms with Crippen molar-refractivity contribution in [1.82, 2.24) is 30.0 Å². The van der Waals surface area contributed by atoms with Crippen LogP contribution in [0.3, 0.4) is 0 Å². The number of allylic oxidation sites excluding steroid dienone is 2. The second kappa shape index (κ2) is 45.4. The number of nitrogens with zero attached hydrogens (tertiary/aromatic N) is 9. The molecule has 17 rings (SSSR count). The maximum atomic E-state index is 12.6. The van der Waals surface area contributed by atoms with E-state index in [-0.39, 0.29) is 148 Å². The smallest absolute Gasteiger partial charge is 0.574 e. The van der Waals surface area contributed by atoms with Gasteiger partial charge in [0.1, 0.15) is 0 Å². The van der Waals surface area contributed by atoms with Crippen molar-refractivity contribution in [3.8, 4) is 66.6 Å². The number of ketones is 1. The normalized spacial score (nSPS) is 11.8. The van der Waals surface area contributed by atoms with Crippen LogP contribution in [-0.2, 0) is 105 Å². The average Bonchev–Trinajstić information content (AvgIpc) is 0.798. The Morgan fingerprint density at radius 1 is 0.578 bits per heavy atom. The molecule has 18 heteroatoms. The van der Waals surface area contributed by atoms with Gasteiger partial charge in [-0.05, 0) is 100 Å². The first-order valence-electron chi connectivity index (χ1n) is 35.6. The zero-order chi connectivity index (χ0) is 76.8. The van der Waals surface area contributed by atoms with Gasteiger partial charge >= 0.3 is 20.1 Å². The van der Waals surface area contributed by atoms with E-state index in [4.69, 9.17) is 12.0 Å². The molecule has 0 spiro atoms. The van der Waals surface area contributed by atoms with Crippen molar-refractivity contribution in [3.05, 3.63) is 389 Å². The molecule has 558 valence electrons. The summed E-state index contributed by atoms with van der Waals surface area (Å²) >= 11 is 1.76. The molecule has 5 aromatic heterocycles. The van der Waals surface area contributed by atoms with Crippen LogP contribution in [0, 0.1) is 69.4 Å². The number of carbonyl (C=O) groups is 1. The van der Waals surface area contributed by atoms with E-state index in [1.807, 2.05) is 182 Å². The van der Waals surface area contributed by atoms with Crippen molar-refractivity contribution in [2.24, 2.45) is 0 Å². The molecule has 0 saturated heterocycles. The molecule has 0 fully saturated rings. The molecule has 0 atom stereocenters. The number of aryl methyl sites for hydroxylation is 2. The molecule has 15 aromatic rings. The summed E-state index contributed by atoms with van der Waals surface area (Å²) in [5.41, 5.74) is 15.9. The Morgan fingerprint density at radius 2 is 1.25 bits per heavy atom. The van der Waals surface area contributed by atoms with Gasteiger partial charge in [0, 0.05) is 140 Å². The van der Waals surface area contributed by atoms with E-state index in [9.17, 15) is 9.18 Å². The van der Waals surface area contributed by atoms with E-state index in [2.05, 4.69) is 183 Å². The second-order valence-corrected chi connectivity index (χ2v) is 24.5. The standard InChI is InChI=1S/C22H16N.C18H14N.C14H12N2.C14H8S.C10H9FN2.C8H6N3.C5H8O2.5Ir/c1-16-14-22(23-15-21(16)18-8-3-2-4-9-18)20-13-7-11-17-10-5-6-12-19(17)20;1-14-13-16(18-9-5-6-12-19-18)10-11-17(14)15-7-3-2-4-8-15;1-15-11-16(12-7-3-2-4-8-12)14-10-6-5-9-13(14)15;1-2-6-11(7-3-1)14-10-12-8-4-5-9-13(12)15-14;1-12-6-7-13(8-12)10-4-2-9(11)3-5-10;1-2-5-9-7(3-1)8-4-6-10-11-8;1-4(6)3-5(2)7;;;;;/h2-12,14-15H,1H3;2-9,11-13H,1H3;2-7,9-11H,1H3;1-6,8-9H;2-4,6-8H,1H3;1-6H;3,6H,1-2H3;;;;;/q2*-1;3*-2;-1;;;;;;+3/i2D,3D,4D,8D,9D;;;;;;;;;;;. The first-order valence-corrected chi connectivity index (χ1v) is 33.9. The van der Waals surface area contributed by atoms with Crippen LogP contribution in [0.5, 0.6) is 0 Å². The third-order valence-electron chi connectivity index (χ3n) is 15.7. The van der Waals surface area contributed by atoms with Crippen LogP contribution in [0.2, 0.25) is 0 Å². The molecule has 0 aliphatic carbocycles. The van der Waals surface area contributed by atoms with Crippen LogP contribution in [0.25, 0.3) is 87.5 Å². The Balaban J connectivity index is 0.000000212. The Bertz CT molecular complexity index is 5510. The fourth-order valence-electron chi connectivity index (χ4n) is 10.8. The average molecular weight is 2340 g/mol. The molecule has 10 aromatic carbocycles. The molecule has 0 saturated carbocycles. The van der Waals surface area contributed by atoms with Gasteiger partial charge in [-0.2, -0.15) is 80.1 Å². The largest absolute Gasteiger partial charge is 3.00 e. The van der Waals surface area contributed by atoms with Crippen molar-refractivity contribution in [1.29, 1.82) is 0 Å². The number of benzene rings is 10. The van der Waals surface area contributed by atoms with E-state index in [0.717, 1.165) is 72.1 Å². The van der Waals surface area contributed by atoms with Gasteiger partial charge in [-0.3, -0.25) is 25.5 Å². The van der Waals surface area contributed by atoms with Gasteiger partial charge in [0.05, 0.1) is 12.6 Å². The minimum absolute atomic E-state index is 0. The monoisotopic (exact) mass is 2340 g/mol. The SMILES string of the molecule is CC(=O)C=C(C)O.CN1C=CN(c2[c-]cc(F)cc2)[CH-]1.CN1[CH-]N(c2[c-]cccc2)c2ccccc21.Cc1cc(-c2ccccn2)[c-]cc1-c1ccccc1.[2H]c1c([2H])c([2H])c(-c2cnc(-c3[c-]ccc4ccccc34)cc2C)c([2H])c1[2H].[Ir+3].[Ir].[Ir].[Ir].[Ir].[c-]1ccccc1-c1[c-]c2ccccc2s1.c1ccc(-c2ccn[n-]2)nc1. The van der Waals surface area contributed by atoms with Crippen molar-refractivity contribution in [3.63, 3.8) is 0 Å². The van der Waals surface area contributed by atoms with Crippen LogP contribution in [0.1, 0.15) is 31.8 Å². The Kier molecular flexibility index (Phi) is 33.5. The number of halogens is 1. The number of fused-ring (bicyclic) bond motifs is 3. The third kappa shape index (κ3) is 25.5. The summed E-state index contributed by atoms with van der Waals surface area (Å²) in [6.07, 6.45) is 11.8. The van der Waals surface area contributed by atoms with Gasteiger partial charge in [0.15, 0.2) is 5.78 Å². The molecule has 1 N–H and O–H groups in total. The van der Waals surface area contributed by atoms with Crippen LogP contribution >= 0.6 is 11.3 Å². The number of aromatic nitrogens is 5. The summed E-state index contributed by atoms with van der Waals surface area (Å²) in [5, 5.41) is 19.3. The maximum Gasteiger partial charge on any atom is 3.00 e. The number of thiophene rings is 1. The minimum atomic E-state index is -0.397. The molecule has 0 unspecified atom stereocenters. The second-order valence-electron chi connectivity index (χ2n) is 23.4. The molecule has 109 heavy (non-hydrogen) atoms. The molecule has 7 heterocycles. The van der Waals surface area contributed by atoms with Crippen molar-refractivity contribution >= 4 is 60.7 Å². The number of anilines is 4. The molecule has 2 aliphatic heterocycles. The quantitative estimate of drug-likeness (QED) is 0.0846. The van der Waals surface area contributed by atoms with Gasteiger partial charge in [0.2, 0.25) is 0 Å². The number of carbonyl (C=O) groups excluding carboxylic acids is 1. The number of aliphatic hydroxyl groups excluding tert-OH is 1. The molecular formula is C91H73FIr5N9O2S-6. The van der Waals surface area contributed by atoms with E-state index in [1.54, 1.807) is 36.0 Å². The third-order valence-corrected chi connectivity index (χ3v) is 16.8. The van der Waals surface area contributed by atoms with E-state index in [1.165, 1.54) is 70.2 Å². The van der Waals surface area contributed by atoms with Crippen LogP contribution in [0.4, 0.5) is 27.1 Å². The zero-order valence-electron chi connectivity index (χ0n) is 64.6. The van der Waals surface area contributed by atoms with Gasteiger partial charge in [0.25, 0.3) is 0 Å². The van der Waals surface area contributed by atoms with Crippen LogP contribution in [0.15, 0.2) is 322 Å². The number of hydrogen-bond acceptors (Lipinski definition) is 11. The Morgan fingerprint density at radius 3 is 1.86 bits per heavy atom. The van der Waals surface area contributed by atoms with Crippen LogP contribution in [-0.4, -0.2) is 49.9 Å². The first-order chi connectivity index (χ1) is 52.9. The van der Waals surface area contributed by atoms with E-state index in [0.29, 0.717) is 5.56 Å². The summed E-state index contributed by atoms with van der Waals surface area (Å²) < 4.78 is 53.8. The molecule has 2 aliphatic rings. The molecule has 4 radical (unpaired) electrons. The summed E-state index contributed by atoms with van der Waals surface area (Å²) in [7, 11) is 3.99.